The molecule has 2 amide bonds. The second-order valence-electron chi connectivity index (χ2n) is 7.61. The first-order valence-corrected chi connectivity index (χ1v) is 10.5. The Bertz CT molecular complexity index is 1200. The van der Waals surface area contributed by atoms with Gasteiger partial charge in [0.2, 0.25) is 0 Å². The minimum atomic E-state index is -0.651. The summed E-state index contributed by atoms with van der Waals surface area (Å²) >= 11 is 5.82. The van der Waals surface area contributed by atoms with Crippen LogP contribution in [0.4, 0.5) is 17.1 Å². The van der Waals surface area contributed by atoms with E-state index in [4.69, 9.17) is 11.6 Å². The van der Waals surface area contributed by atoms with Gasteiger partial charge in [-0.3, -0.25) is 19.7 Å². The van der Waals surface area contributed by atoms with E-state index >= 15 is 0 Å². The van der Waals surface area contributed by atoms with Gasteiger partial charge in [0, 0.05) is 37.1 Å². The van der Waals surface area contributed by atoms with Gasteiger partial charge in [0.05, 0.1) is 16.5 Å². The number of nitrogens with one attached hydrogen (secondary N) is 2. The predicted molar refractivity (Wildman–Crippen MR) is 129 cm³/mol. The highest BCUT2D eigenvalue weighted by Crippen LogP contribution is 2.27. The topological polar surface area (TPSA) is 105 Å². The summed E-state index contributed by atoms with van der Waals surface area (Å²) < 4.78 is 0. The zero-order valence-electron chi connectivity index (χ0n) is 18.3. The molecule has 3 rings (SSSR count). The second kappa shape index (κ2) is 10.1. The van der Waals surface area contributed by atoms with E-state index in [-0.39, 0.29) is 28.2 Å². The summed E-state index contributed by atoms with van der Waals surface area (Å²) in [6.45, 7) is 1.89. The molecule has 0 aliphatic carbocycles. The number of rotatable bonds is 7. The molecule has 8 nitrogen and oxygen atoms in total. The third-order valence-electron chi connectivity index (χ3n) is 5.03. The highest BCUT2D eigenvalue weighted by Gasteiger charge is 2.19. The maximum atomic E-state index is 13.1. The van der Waals surface area contributed by atoms with E-state index in [9.17, 15) is 19.7 Å². The number of benzene rings is 3. The molecule has 0 fully saturated rings. The monoisotopic (exact) mass is 466 g/mol. The quantitative estimate of drug-likeness (QED) is 0.374. The molecule has 0 spiro atoms. The Morgan fingerprint density at radius 3 is 2.33 bits per heavy atom. The first-order chi connectivity index (χ1) is 15.7. The number of nitro benzene ring substituents is 1. The summed E-state index contributed by atoms with van der Waals surface area (Å²) in [6, 6.07) is 18.1. The van der Waals surface area contributed by atoms with E-state index in [1.165, 1.54) is 12.1 Å². The van der Waals surface area contributed by atoms with Crippen LogP contribution in [-0.4, -0.2) is 30.8 Å². The van der Waals surface area contributed by atoms with Crippen molar-refractivity contribution in [1.82, 2.24) is 5.32 Å². The van der Waals surface area contributed by atoms with Crippen molar-refractivity contribution >= 4 is 40.5 Å². The molecule has 170 valence electrons. The Morgan fingerprint density at radius 1 is 1.00 bits per heavy atom. The lowest BCUT2D eigenvalue weighted by molar-refractivity contribution is -0.384. The van der Waals surface area contributed by atoms with Crippen molar-refractivity contribution < 1.29 is 14.5 Å². The van der Waals surface area contributed by atoms with E-state index in [1.54, 1.807) is 23.1 Å². The third kappa shape index (κ3) is 5.67. The summed E-state index contributed by atoms with van der Waals surface area (Å²) in [4.78, 5) is 38.0. The van der Waals surface area contributed by atoms with E-state index < -0.39 is 10.8 Å². The Kier molecular flexibility index (Phi) is 7.30. The number of nitro groups is 1. The number of carbonyl (C=O) groups is 2. The fraction of sp³-hybridized carbons (Fsp3) is 0.167. The van der Waals surface area contributed by atoms with Gasteiger partial charge in [-0.15, -0.1) is 0 Å². The summed E-state index contributed by atoms with van der Waals surface area (Å²) in [5.41, 5.74) is 2.11. The zero-order chi connectivity index (χ0) is 24.1. The molecular formula is C24H23ClN4O4. The molecule has 0 aliphatic rings. The van der Waals surface area contributed by atoms with Crippen LogP contribution in [-0.2, 0) is 0 Å². The van der Waals surface area contributed by atoms with Crippen LogP contribution < -0.4 is 15.5 Å². The van der Waals surface area contributed by atoms with Crippen LogP contribution in [0.3, 0.4) is 0 Å². The van der Waals surface area contributed by atoms with Crippen LogP contribution in [0.5, 0.6) is 0 Å². The average molecular weight is 467 g/mol. The number of hydrogen-bond donors (Lipinski definition) is 2. The van der Waals surface area contributed by atoms with Crippen molar-refractivity contribution in [3.63, 3.8) is 0 Å². The first-order valence-electron chi connectivity index (χ1n) is 10.1. The molecule has 1 unspecified atom stereocenters. The number of anilines is 2. The van der Waals surface area contributed by atoms with E-state index in [2.05, 4.69) is 10.6 Å². The Hall–Kier alpha value is -3.91. The summed E-state index contributed by atoms with van der Waals surface area (Å²) in [7, 11) is 3.63. The molecule has 0 radical (unpaired) electrons. The van der Waals surface area contributed by atoms with Gasteiger partial charge in [-0.05, 0) is 42.8 Å². The molecule has 0 saturated carbocycles. The standard InChI is InChI=1S/C24H23ClN4O4/c1-15(16-7-5-4-6-8-16)26-24(31)19-14-18(10-12-21(19)28(2)3)27-23(30)17-9-11-20(25)22(13-17)29(32)33/h4-15H,1-3H3,(H,26,31)(H,27,30). The lowest BCUT2D eigenvalue weighted by Crippen LogP contribution is -2.28. The minimum Gasteiger partial charge on any atom is -0.377 e. The molecule has 2 N–H and O–H groups in total. The van der Waals surface area contributed by atoms with Gasteiger partial charge in [-0.25, -0.2) is 0 Å². The van der Waals surface area contributed by atoms with Crippen molar-refractivity contribution in [2.24, 2.45) is 0 Å². The van der Waals surface area contributed by atoms with E-state index in [0.717, 1.165) is 11.6 Å². The van der Waals surface area contributed by atoms with Crippen LogP contribution in [0.2, 0.25) is 5.02 Å². The van der Waals surface area contributed by atoms with E-state index in [0.29, 0.717) is 16.9 Å². The average Bonchev–Trinajstić information content (AvgIpc) is 2.79. The molecule has 0 heterocycles. The highest BCUT2D eigenvalue weighted by molar-refractivity contribution is 6.32. The lowest BCUT2D eigenvalue weighted by Gasteiger charge is -2.20. The third-order valence-corrected chi connectivity index (χ3v) is 5.35. The molecule has 0 bridgehead atoms. The van der Waals surface area contributed by atoms with Crippen LogP contribution in [0.25, 0.3) is 0 Å². The molecule has 3 aromatic carbocycles. The largest absolute Gasteiger partial charge is 0.377 e. The molecule has 3 aromatic rings. The van der Waals surface area contributed by atoms with Gasteiger partial charge in [-0.2, -0.15) is 0 Å². The number of hydrogen-bond acceptors (Lipinski definition) is 5. The normalized spacial score (nSPS) is 11.4. The van der Waals surface area contributed by atoms with Crippen molar-refractivity contribution in [3.05, 3.63) is 98.6 Å². The smallest absolute Gasteiger partial charge is 0.288 e. The highest BCUT2D eigenvalue weighted by atomic mass is 35.5. The number of nitrogens with zero attached hydrogens (tertiary/aromatic N) is 2. The van der Waals surface area contributed by atoms with Crippen LogP contribution in [0.15, 0.2) is 66.7 Å². The molecular weight excluding hydrogens is 444 g/mol. The van der Waals surface area contributed by atoms with Gasteiger partial charge < -0.3 is 15.5 Å². The predicted octanol–water partition coefficient (Wildman–Crippen LogP) is 5.06. The van der Waals surface area contributed by atoms with Gasteiger partial charge >= 0.3 is 0 Å². The zero-order valence-corrected chi connectivity index (χ0v) is 19.1. The number of halogens is 1. The summed E-state index contributed by atoms with van der Waals surface area (Å²) in [5, 5.41) is 16.7. The maximum Gasteiger partial charge on any atom is 0.288 e. The Balaban J connectivity index is 1.85. The first kappa shape index (κ1) is 23.7. The van der Waals surface area contributed by atoms with Crippen LogP contribution >= 0.6 is 11.6 Å². The molecule has 9 heteroatoms. The molecule has 0 aromatic heterocycles. The fourth-order valence-corrected chi connectivity index (χ4v) is 3.47. The molecule has 0 saturated heterocycles. The Labute approximate surface area is 196 Å². The van der Waals surface area contributed by atoms with Crippen molar-refractivity contribution in [3.8, 4) is 0 Å². The Morgan fingerprint density at radius 2 is 1.70 bits per heavy atom. The lowest BCUT2D eigenvalue weighted by atomic mass is 10.1. The maximum absolute atomic E-state index is 13.1. The van der Waals surface area contributed by atoms with Crippen LogP contribution in [0.1, 0.15) is 39.2 Å². The van der Waals surface area contributed by atoms with Crippen LogP contribution in [0, 0.1) is 10.1 Å². The summed E-state index contributed by atoms with van der Waals surface area (Å²) in [6.07, 6.45) is 0. The van der Waals surface area contributed by atoms with Crippen molar-refractivity contribution in [1.29, 1.82) is 0 Å². The van der Waals surface area contributed by atoms with Gasteiger partial charge in [-0.1, -0.05) is 41.9 Å². The van der Waals surface area contributed by atoms with Gasteiger partial charge in [0.15, 0.2) is 0 Å². The summed E-state index contributed by atoms with van der Waals surface area (Å²) in [5.74, 6) is -0.857. The molecule has 0 aliphatic heterocycles. The second-order valence-corrected chi connectivity index (χ2v) is 8.02. The molecule has 1 atom stereocenters. The molecule has 33 heavy (non-hydrogen) atoms. The van der Waals surface area contributed by atoms with Crippen molar-refractivity contribution in [2.45, 2.75) is 13.0 Å². The van der Waals surface area contributed by atoms with Crippen molar-refractivity contribution in [2.75, 3.05) is 24.3 Å². The SMILES string of the molecule is CC(NC(=O)c1cc(NC(=O)c2ccc(Cl)c([N+](=O)[O-])c2)ccc1N(C)C)c1ccccc1. The number of amides is 2. The fourth-order valence-electron chi connectivity index (χ4n) is 3.28. The van der Waals surface area contributed by atoms with Gasteiger partial charge in [0.25, 0.3) is 17.5 Å². The van der Waals surface area contributed by atoms with Gasteiger partial charge in [0.1, 0.15) is 5.02 Å². The van der Waals surface area contributed by atoms with E-state index in [1.807, 2.05) is 51.4 Å². The minimum absolute atomic E-state index is 0.0571. The number of carbonyl (C=O) groups excluding carboxylic acids is 2.